The molecule has 5 nitrogen and oxygen atoms in total. The number of carbonyl (C=O) groups is 1. The number of aromatic carboxylic acids is 1. The van der Waals surface area contributed by atoms with Gasteiger partial charge in [0.05, 0.1) is 0 Å². The number of aryl methyl sites for hydroxylation is 1. The van der Waals surface area contributed by atoms with E-state index < -0.39 is 34.7 Å². The second kappa shape index (κ2) is 6.93. The predicted octanol–water partition coefficient (Wildman–Crippen LogP) is 4.15. The van der Waals surface area contributed by atoms with Crippen LogP contribution < -0.4 is 4.80 Å². The fourth-order valence-electron chi connectivity index (χ4n) is 2.12. The van der Waals surface area contributed by atoms with E-state index >= 15 is 0 Å². The topological polar surface area (TPSA) is 67.5 Å². The van der Waals surface area contributed by atoms with Crippen LogP contribution in [0.1, 0.15) is 10.4 Å². The van der Waals surface area contributed by atoms with Crippen molar-refractivity contribution in [1.82, 2.24) is 9.78 Å². The highest BCUT2D eigenvalue weighted by molar-refractivity contribution is 7.12. The molecule has 1 N–H and O–H groups in total. The number of halogens is 4. The molecule has 0 saturated heterocycles. The molecule has 26 heavy (non-hydrogen) atoms. The molecule has 2 aromatic carbocycles. The molecule has 0 spiro atoms. The second-order valence-electron chi connectivity index (χ2n) is 5.12. The SMILES string of the molecule is Cn1nc(-c2ccc(Cl)cc2)sc1=Nc1cc(F)c(F)c(C(=O)O)c1F. The molecule has 0 atom stereocenters. The molecule has 1 heterocycles. The van der Waals surface area contributed by atoms with Crippen LogP contribution in [0.3, 0.4) is 0 Å². The number of hydrogen-bond donors (Lipinski definition) is 1. The first-order valence-electron chi connectivity index (χ1n) is 7.03. The molecular formula is C16H9ClF3N3O2S. The van der Waals surface area contributed by atoms with Crippen molar-refractivity contribution in [2.45, 2.75) is 0 Å². The number of carboxylic acids is 1. The summed E-state index contributed by atoms with van der Waals surface area (Å²) in [7, 11) is 1.53. The van der Waals surface area contributed by atoms with Crippen molar-refractivity contribution < 1.29 is 23.1 Å². The van der Waals surface area contributed by atoms with Gasteiger partial charge in [-0.15, -0.1) is 0 Å². The summed E-state index contributed by atoms with van der Waals surface area (Å²) in [6.45, 7) is 0. The highest BCUT2D eigenvalue weighted by atomic mass is 35.5. The van der Waals surface area contributed by atoms with Crippen LogP contribution in [0.2, 0.25) is 5.02 Å². The summed E-state index contributed by atoms with van der Waals surface area (Å²) in [6.07, 6.45) is 0. The number of aromatic nitrogens is 2. The Hall–Kier alpha value is -2.65. The van der Waals surface area contributed by atoms with Gasteiger partial charge in [0.1, 0.15) is 16.3 Å². The van der Waals surface area contributed by atoms with E-state index in [1.54, 1.807) is 24.3 Å². The van der Waals surface area contributed by atoms with Crippen molar-refractivity contribution in [2.24, 2.45) is 12.0 Å². The van der Waals surface area contributed by atoms with Crippen molar-refractivity contribution >= 4 is 34.6 Å². The first kappa shape index (κ1) is 18.2. The van der Waals surface area contributed by atoms with Crippen molar-refractivity contribution in [3.05, 3.63) is 63.2 Å². The smallest absolute Gasteiger partial charge is 0.341 e. The van der Waals surface area contributed by atoms with Crippen LogP contribution in [0.4, 0.5) is 18.9 Å². The molecule has 0 aliphatic heterocycles. The van der Waals surface area contributed by atoms with Crippen LogP contribution in [-0.4, -0.2) is 20.9 Å². The van der Waals surface area contributed by atoms with E-state index in [0.717, 1.165) is 16.9 Å². The first-order chi connectivity index (χ1) is 12.3. The zero-order valence-electron chi connectivity index (χ0n) is 13.0. The number of rotatable bonds is 3. The Morgan fingerprint density at radius 3 is 2.50 bits per heavy atom. The van der Waals surface area contributed by atoms with Gasteiger partial charge in [0.15, 0.2) is 17.5 Å². The van der Waals surface area contributed by atoms with Crippen molar-refractivity contribution in [3.63, 3.8) is 0 Å². The zero-order chi connectivity index (χ0) is 19.0. The lowest BCUT2D eigenvalue weighted by atomic mass is 10.1. The highest BCUT2D eigenvalue weighted by Crippen LogP contribution is 2.27. The molecule has 0 unspecified atom stereocenters. The maximum atomic E-state index is 14.2. The fraction of sp³-hybridized carbons (Fsp3) is 0.0625. The monoisotopic (exact) mass is 399 g/mol. The number of nitrogens with zero attached hydrogens (tertiary/aromatic N) is 3. The Balaban J connectivity index is 2.15. The largest absolute Gasteiger partial charge is 0.477 e. The molecular weight excluding hydrogens is 391 g/mol. The van der Waals surface area contributed by atoms with Gasteiger partial charge in [-0.05, 0) is 12.1 Å². The molecule has 0 bridgehead atoms. The van der Waals surface area contributed by atoms with Gasteiger partial charge in [-0.25, -0.2) is 27.6 Å². The van der Waals surface area contributed by atoms with Gasteiger partial charge in [0.2, 0.25) is 4.80 Å². The molecule has 0 radical (unpaired) electrons. The number of benzene rings is 2. The minimum atomic E-state index is -1.92. The molecule has 134 valence electrons. The molecule has 0 saturated carbocycles. The Bertz CT molecular complexity index is 1080. The summed E-state index contributed by atoms with van der Waals surface area (Å²) in [5.41, 5.74) is -1.30. The predicted molar refractivity (Wildman–Crippen MR) is 90.0 cm³/mol. The van der Waals surface area contributed by atoms with E-state index in [0.29, 0.717) is 16.1 Å². The molecule has 0 aliphatic rings. The van der Waals surface area contributed by atoms with Crippen molar-refractivity contribution in [2.75, 3.05) is 0 Å². The fourth-order valence-corrected chi connectivity index (χ4v) is 3.15. The van der Waals surface area contributed by atoms with Crippen LogP contribution in [0.15, 0.2) is 35.3 Å². The third-order valence-electron chi connectivity index (χ3n) is 3.36. The van der Waals surface area contributed by atoms with Crippen LogP contribution in [0.5, 0.6) is 0 Å². The molecule has 1 aromatic heterocycles. The lowest BCUT2D eigenvalue weighted by molar-refractivity contribution is 0.0685. The Morgan fingerprint density at radius 1 is 1.23 bits per heavy atom. The second-order valence-corrected chi connectivity index (χ2v) is 6.51. The van der Waals surface area contributed by atoms with Gasteiger partial charge in [-0.3, -0.25) is 0 Å². The zero-order valence-corrected chi connectivity index (χ0v) is 14.6. The van der Waals surface area contributed by atoms with E-state index in [9.17, 15) is 18.0 Å². The number of hydrogen-bond acceptors (Lipinski definition) is 4. The van der Waals surface area contributed by atoms with Crippen LogP contribution in [0, 0.1) is 17.5 Å². The summed E-state index contributed by atoms with van der Waals surface area (Å²) in [6, 6.07) is 7.29. The molecule has 0 amide bonds. The van der Waals surface area contributed by atoms with Gasteiger partial charge in [0.25, 0.3) is 0 Å². The van der Waals surface area contributed by atoms with E-state index in [2.05, 4.69) is 10.1 Å². The maximum absolute atomic E-state index is 14.2. The summed E-state index contributed by atoms with van der Waals surface area (Å²) in [5.74, 6) is -6.67. The van der Waals surface area contributed by atoms with Gasteiger partial charge >= 0.3 is 5.97 Å². The van der Waals surface area contributed by atoms with Gasteiger partial charge in [-0.1, -0.05) is 35.1 Å². The third kappa shape index (κ3) is 3.35. The maximum Gasteiger partial charge on any atom is 0.341 e. The van der Waals surface area contributed by atoms with Gasteiger partial charge in [-0.2, -0.15) is 5.10 Å². The van der Waals surface area contributed by atoms with Crippen LogP contribution in [0.25, 0.3) is 10.6 Å². The average Bonchev–Trinajstić information content (AvgIpc) is 2.94. The summed E-state index contributed by atoms with van der Waals surface area (Å²) >= 11 is 6.89. The standard InChI is InChI=1S/C16H9ClF3N3O2S/c1-23-16(26-14(22-23)7-2-4-8(17)5-3-7)21-10-6-9(18)12(19)11(13(10)20)15(24)25/h2-6H,1H3,(H,24,25). The van der Waals surface area contributed by atoms with Gasteiger partial charge in [0, 0.05) is 23.7 Å². The molecule has 3 aromatic rings. The van der Waals surface area contributed by atoms with Gasteiger partial charge < -0.3 is 5.11 Å². The quantitative estimate of drug-likeness (QED) is 0.673. The summed E-state index contributed by atoms with van der Waals surface area (Å²) < 4.78 is 42.7. The number of carboxylic acid groups (broad SMARTS) is 1. The normalized spacial score (nSPS) is 11.8. The minimum Gasteiger partial charge on any atom is -0.477 e. The third-order valence-corrected chi connectivity index (χ3v) is 4.66. The van der Waals surface area contributed by atoms with Crippen molar-refractivity contribution in [1.29, 1.82) is 0 Å². The van der Waals surface area contributed by atoms with E-state index in [4.69, 9.17) is 16.7 Å². The van der Waals surface area contributed by atoms with E-state index in [-0.39, 0.29) is 4.80 Å². The van der Waals surface area contributed by atoms with E-state index in [1.807, 2.05) is 0 Å². The lowest BCUT2D eigenvalue weighted by Gasteiger charge is -2.03. The van der Waals surface area contributed by atoms with Crippen LogP contribution >= 0.6 is 22.9 Å². The van der Waals surface area contributed by atoms with Crippen LogP contribution in [-0.2, 0) is 7.05 Å². The minimum absolute atomic E-state index is 0.163. The lowest BCUT2D eigenvalue weighted by Crippen LogP contribution is -2.12. The Morgan fingerprint density at radius 2 is 1.88 bits per heavy atom. The Labute approximate surface area is 153 Å². The highest BCUT2D eigenvalue weighted by Gasteiger charge is 2.24. The average molecular weight is 400 g/mol. The summed E-state index contributed by atoms with van der Waals surface area (Å²) in [4.78, 5) is 15.0. The molecule has 0 aliphatic carbocycles. The molecule has 3 rings (SSSR count). The van der Waals surface area contributed by atoms with E-state index in [1.165, 1.54) is 11.7 Å². The molecule has 0 fully saturated rings. The first-order valence-corrected chi connectivity index (χ1v) is 8.23. The van der Waals surface area contributed by atoms with Crippen molar-refractivity contribution in [3.8, 4) is 10.6 Å². The molecule has 10 heteroatoms. The Kier molecular flexibility index (Phi) is 4.84. The summed E-state index contributed by atoms with van der Waals surface area (Å²) in [5, 5.41) is 14.2.